The van der Waals surface area contributed by atoms with E-state index in [1.165, 1.54) is 44.2 Å². The molecule has 6 aromatic carbocycles. The molecule has 0 atom stereocenters. The molecule has 0 saturated heterocycles. The SMILES string of the molecule is c1ccc(-c2ccc(-c3ccc(Nc4ccc(-c5ccccc5)c5ccccc45)cc3)cc2)cc1. The average molecular weight is 448 g/mol. The van der Waals surface area contributed by atoms with Crippen molar-refractivity contribution in [1.29, 1.82) is 0 Å². The van der Waals surface area contributed by atoms with E-state index in [1.807, 2.05) is 6.07 Å². The van der Waals surface area contributed by atoms with Crippen LogP contribution in [0.2, 0.25) is 0 Å². The molecule has 6 rings (SSSR count). The van der Waals surface area contributed by atoms with Gasteiger partial charge in [0.05, 0.1) is 0 Å². The average Bonchev–Trinajstić information content (AvgIpc) is 2.95. The molecule has 0 bridgehead atoms. The lowest BCUT2D eigenvalue weighted by molar-refractivity contribution is 1.55. The molecule has 6 aromatic rings. The molecular formula is C34H25N. The van der Waals surface area contributed by atoms with E-state index in [2.05, 4.69) is 145 Å². The van der Waals surface area contributed by atoms with Crippen molar-refractivity contribution in [2.24, 2.45) is 0 Å². The summed E-state index contributed by atoms with van der Waals surface area (Å²) >= 11 is 0. The van der Waals surface area contributed by atoms with Crippen molar-refractivity contribution >= 4 is 22.1 Å². The Kier molecular flexibility index (Phi) is 5.58. The highest BCUT2D eigenvalue weighted by Gasteiger charge is 2.08. The zero-order valence-corrected chi connectivity index (χ0v) is 19.4. The van der Waals surface area contributed by atoms with Crippen molar-refractivity contribution in [3.8, 4) is 33.4 Å². The third kappa shape index (κ3) is 4.32. The van der Waals surface area contributed by atoms with Gasteiger partial charge in [0.15, 0.2) is 0 Å². The second kappa shape index (κ2) is 9.32. The Bertz CT molecular complexity index is 1570. The Labute approximate surface area is 206 Å². The van der Waals surface area contributed by atoms with Gasteiger partial charge in [0.2, 0.25) is 0 Å². The molecule has 1 N–H and O–H groups in total. The van der Waals surface area contributed by atoms with E-state index >= 15 is 0 Å². The number of nitrogens with one attached hydrogen (secondary N) is 1. The van der Waals surface area contributed by atoms with E-state index in [1.54, 1.807) is 0 Å². The lowest BCUT2D eigenvalue weighted by Crippen LogP contribution is -1.93. The molecule has 35 heavy (non-hydrogen) atoms. The van der Waals surface area contributed by atoms with Crippen LogP contribution in [0.25, 0.3) is 44.2 Å². The van der Waals surface area contributed by atoms with Crippen molar-refractivity contribution < 1.29 is 0 Å². The van der Waals surface area contributed by atoms with Gasteiger partial charge in [-0.05, 0) is 57.0 Å². The number of fused-ring (bicyclic) bond motifs is 1. The zero-order chi connectivity index (χ0) is 23.5. The Morgan fingerprint density at radius 3 is 1.37 bits per heavy atom. The van der Waals surface area contributed by atoms with Gasteiger partial charge in [-0.3, -0.25) is 0 Å². The summed E-state index contributed by atoms with van der Waals surface area (Å²) in [6.07, 6.45) is 0. The summed E-state index contributed by atoms with van der Waals surface area (Å²) in [6, 6.07) is 51.5. The van der Waals surface area contributed by atoms with Crippen LogP contribution < -0.4 is 5.32 Å². The first-order chi connectivity index (χ1) is 17.3. The molecule has 0 spiro atoms. The molecule has 0 aromatic heterocycles. The summed E-state index contributed by atoms with van der Waals surface area (Å²) in [5, 5.41) is 6.10. The van der Waals surface area contributed by atoms with E-state index in [4.69, 9.17) is 0 Å². The maximum atomic E-state index is 3.63. The van der Waals surface area contributed by atoms with Crippen molar-refractivity contribution in [1.82, 2.24) is 0 Å². The highest BCUT2D eigenvalue weighted by atomic mass is 14.9. The van der Waals surface area contributed by atoms with Gasteiger partial charge in [-0.2, -0.15) is 0 Å². The standard InChI is InChI=1S/C34H25N/c1-3-9-25(10-4-1)26-15-17-27(18-16-26)28-19-21-30(22-20-28)35-34-24-23-31(29-11-5-2-6-12-29)32-13-7-8-14-33(32)34/h1-24,35H. The number of rotatable bonds is 5. The van der Waals surface area contributed by atoms with Crippen LogP contribution in [0, 0.1) is 0 Å². The smallest absolute Gasteiger partial charge is 0.0464 e. The van der Waals surface area contributed by atoms with Gasteiger partial charge >= 0.3 is 0 Å². The Hall–Kier alpha value is -4.62. The van der Waals surface area contributed by atoms with Crippen molar-refractivity contribution in [2.75, 3.05) is 5.32 Å². The van der Waals surface area contributed by atoms with Gasteiger partial charge in [0, 0.05) is 16.8 Å². The Morgan fingerprint density at radius 2 is 0.771 bits per heavy atom. The predicted octanol–water partition coefficient (Wildman–Crippen LogP) is 9.58. The van der Waals surface area contributed by atoms with E-state index in [9.17, 15) is 0 Å². The second-order valence-corrected chi connectivity index (χ2v) is 8.72. The van der Waals surface area contributed by atoms with Crippen LogP contribution in [0.4, 0.5) is 11.4 Å². The molecule has 0 heterocycles. The van der Waals surface area contributed by atoms with Crippen LogP contribution in [0.5, 0.6) is 0 Å². The quantitative estimate of drug-likeness (QED) is 0.277. The van der Waals surface area contributed by atoms with Crippen molar-refractivity contribution in [3.63, 3.8) is 0 Å². The van der Waals surface area contributed by atoms with Crippen molar-refractivity contribution in [2.45, 2.75) is 0 Å². The highest BCUT2D eigenvalue weighted by Crippen LogP contribution is 2.35. The number of benzene rings is 6. The minimum absolute atomic E-state index is 1.08. The zero-order valence-electron chi connectivity index (χ0n) is 19.4. The third-order valence-electron chi connectivity index (χ3n) is 6.50. The maximum absolute atomic E-state index is 3.63. The van der Waals surface area contributed by atoms with E-state index in [0.717, 1.165) is 11.4 Å². The fraction of sp³-hybridized carbons (Fsp3) is 0. The fourth-order valence-corrected chi connectivity index (χ4v) is 4.66. The minimum Gasteiger partial charge on any atom is -0.355 e. The molecular weight excluding hydrogens is 422 g/mol. The largest absolute Gasteiger partial charge is 0.355 e. The molecule has 0 amide bonds. The van der Waals surface area contributed by atoms with Crippen LogP contribution in [0.15, 0.2) is 146 Å². The minimum atomic E-state index is 1.08. The van der Waals surface area contributed by atoms with Gasteiger partial charge in [0.25, 0.3) is 0 Å². The molecule has 0 aliphatic rings. The van der Waals surface area contributed by atoms with Crippen LogP contribution >= 0.6 is 0 Å². The number of hydrogen-bond acceptors (Lipinski definition) is 1. The molecule has 1 nitrogen and oxygen atoms in total. The van der Waals surface area contributed by atoms with Crippen LogP contribution in [0.1, 0.15) is 0 Å². The molecule has 166 valence electrons. The second-order valence-electron chi connectivity index (χ2n) is 8.72. The van der Waals surface area contributed by atoms with Gasteiger partial charge in [-0.1, -0.05) is 127 Å². The first-order valence-corrected chi connectivity index (χ1v) is 12.0. The fourth-order valence-electron chi connectivity index (χ4n) is 4.66. The summed E-state index contributed by atoms with van der Waals surface area (Å²) in [7, 11) is 0. The molecule has 0 saturated carbocycles. The molecule has 0 unspecified atom stereocenters. The predicted molar refractivity (Wildman–Crippen MR) is 150 cm³/mol. The highest BCUT2D eigenvalue weighted by molar-refractivity contribution is 6.04. The normalized spacial score (nSPS) is 10.9. The first-order valence-electron chi connectivity index (χ1n) is 12.0. The van der Waals surface area contributed by atoms with E-state index in [-0.39, 0.29) is 0 Å². The summed E-state index contributed by atoms with van der Waals surface area (Å²) in [5.41, 5.74) is 9.57. The van der Waals surface area contributed by atoms with E-state index < -0.39 is 0 Å². The Balaban J connectivity index is 1.26. The van der Waals surface area contributed by atoms with E-state index in [0.29, 0.717) is 0 Å². The van der Waals surface area contributed by atoms with Crippen LogP contribution in [-0.2, 0) is 0 Å². The first kappa shape index (κ1) is 20.9. The third-order valence-corrected chi connectivity index (χ3v) is 6.50. The number of hydrogen-bond donors (Lipinski definition) is 1. The summed E-state index contributed by atoms with van der Waals surface area (Å²) in [6.45, 7) is 0. The van der Waals surface area contributed by atoms with Gasteiger partial charge in [-0.15, -0.1) is 0 Å². The summed E-state index contributed by atoms with van der Waals surface area (Å²) in [5.74, 6) is 0. The van der Waals surface area contributed by atoms with Gasteiger partial charge in [-0.25, -0.2) is 0 Å². The van der Waals surface area contributed by atoms with Crippen LogP contribution in [-0.4, -0.2) is 0 Å². The lowest BCUT2D eigenvalue weighted by Gasteiger charge is -2.14. The molecule has 0 aliphatic heterocycles. The van der Waals surface area contributed by atoms with Gasteiger partial charge < -0.3 is 5.32 Å². The van der Waals surface area contributed by atoms with Crippen molar-refractivity contribution in [3.05, 3.63) is 146 Å². The monoisotopic (exact) mass is 447 g/mol. The molecule has 0 radical (unpaired) electrons. The Morgan fingerprint density at radius 1 is 0.314 bits per heavy atom. The summed E-state index contributed by atoms with van der Waals surface area (Å²) < 4.78 is 0. The summed E-state index contributed by atoms with van der Waals surface area (Å²) in [4.78, 5) is 0. The van der Waals surface area contributed by atoms with Crippen LogP contribution in [0.3, 0.4) is 0 Å². The lowest BCUT2D eigenvalue weighted by atomic mass is 9.97. The number of anilines is 2. The molecule has 0 fully saturated rings. The topological polar surface area (TPSA) is 12.0 Å². The molecule has 1 heteroatoms. The molecule has 0 aliphatic carbocycles. The maximum Gasteiger partial charge on any atom is 0.0464 e. The van der Waals surface area contributed by atoms with Gasteiger partial charge in [0.1, 0.15) is 0 Å².